The Morgan fingerprint density at radius 2 is 1.92 bits per heavy atom. The van der Waals surface area contributed by atoms with E-state index in [0.717, 1.165) is 18.4 Å². The number of carbonyl (C=O) groups is 2. The van der Waals surface area contributed by atoms with Crippen LogP contribution in [0, 0.1) is 0 Å². The van der Waals surface area contributed by atoms with Gasteiger partial charge in [-0.05, 0) is 24.5 Å². The lowest BCUT2D eigenvalue weighted by molar-refractivity contribution is -0.131. The molecule has 1 saturated heterocycles. The van der Waals surface area contributed by atoms with E-state index in [9.17, 15) is 9.59 Å². The second kappa shape index (κ2) is 6.52. The molecule has 0 radical (unpaired) electrons. The number of rotatable bonds is 5. The highest BCUT2D eigenvalue weighted by Crippen LogP contribution is 2.30. The summed E-state index contributed by atoms with van der Waals surface area (Å²) in [5.41, 5.74) is 0.911. The molecule has 1 aliphatic rings. The maximum absolute atomic E-state index is 12.9. The van der Waals surface area contributed by atoms with Gasteiger partial charge in [0.25, 0.3) is 5.91 Å². The molecule has 6 nitrogen and oxygen atoms in total. The Bertz CT molecular complexity index is 815. The van der Waals surface area contributed by atoms with Gasteiger partial charge in [-0.1, -0.05) is 49.2 Å². The normalized spacial score (nSPS) is 20.2. The van der Waals surface area contributed by atoms with Crippen LogP contribution >= 0.6 is 11.6 Å². The number of urea groups is 1. The highest BCUT2D eigenvalue weighted by atomic mass is 35.5. The fourth-order valence-electron chi connectivity index (χ4n) is 3.04. The molecule has 1 N–H and O–H groups in total. The Morgan fingerprint density at radius 3 is 2.48 bits per heavy atom. The van der Waals surface area contributed by atoms with Crippen LogP contribution in [0.1, 0.15) is 37.2 Å². The number of imidazole rings is 1. The molecule has 0 spiro atoms. The van der Waals surface area contributed by atoms with Gasteiger partial charge in [-0.2, -0.15) is 0 Å². The number of aryl methyl sites for hydroxylation is 1. The van der Waals surface area contributed by atoms with E-state index < -0.39 is 11.6 Å². The first kappa shape index (κ1) is 17.5. The lowest BCUT2D eigenvalue weighted by Crippen LogP contribution is -2.40. The van der Waals surface area contributed by atoms with E-state index in [-0.39, 0.29) is 12.5 Å². The molecule has 25 heavy (non-hydrogen) atoms. The van der Waals surface area contributed by atoms with E-state index in [1.165, 1.54) is 16.7 Å². The van der Waals surface area contributed by atoms with Gasteiger partial charge in [-0.3, -0.25) is 9.69 Å². The summed E-state index contributed by atoms with van der Waals surface area (Å²) in [6, 6.07) is 7.40. The summed E-state index contributed by atoms with van der Waals surface area (Å²) in [4.78, 5) is 30.7. The number of hydrogen-bond donors (Lipinski definition) is 1. The second-order valence-corrected chi connectivity index (χ2v) is 6.84. The maximum Gasteiger partial charge on any atom is 0.325 e. The smallest absolute Gasteiger partial charge is 0.321 e. The van der Waals surface area contributed by atoms with Crippen LogP contribution in [0.15, 0.2) is 30.5 Å². The predicted octanol–water partition coefficient (Wildman–Crippen LogP) is 2.99. The SMILES string of the molecule is CCCc1ccc(C2(C)NC(=O)N(Cc3ncc(Cl)n3C)C2=O)cc1. The molecule has 2 heterocycles. The Labute approximate surface area is 151 Å². The molecule has 0 aliphatic carbocycles. The van der Waals surface area contributed by atoms with Crippen molar-refractivity contribution in [1.29, 1.82) is 0 Å². The minimum atomic E-state index is -1.07. The van der Waals surface area contributed by atoms with Crippen LogP contribution in [0.4, 0.5) is 4.79 Å². The van der Waals surface area contributed by atoms with Crippen LogP contribution in [0.3, 0.4) is 0 Å². The zero-order valence-electron chi connectivity index (χ0n) is 14.5. The van der Waals surface area contributed by atoms with Crippen LogP contribution in [0.2, 0.25) is 5.15 Å². The largest absolute Gasteiger partial charge is 0.325 e. The molecule has 1 aromatic heterocycles. The van der Waals surface area contributed by atoms with E-state index in [0.29, 0.717) is 11.0 Å². The maximum atomic E-state index is 12.9. The standard InChI is InChI=1S/C18H21ClN4O2/c1-4-5-12-6-8-13(9-7-12)18(2)16(24)23(17(25)21-18)11-15-20-10-14(19)22(15)3/h6-10H,4-5,11H2,1-3H3,(H,21,25). The Balaban J connectivity index is 1.85. The molecule has 1 aromatic carbocycles. The zero-order valence-corrected chi connectivity index (χ0v) is 15.3. The van der Waals surface area contributed by atoms with Crippen molar-refractivity contribution < 1.29 is 9.59 Å². The fraction of sp³-hybridized carbons (Fsp3) is 0.389. The van der Waals surface area contributed by atoms with Crippen LogP contribution in [-0.4, -0.2) is 26.4 Å². The average Bonchev–Trinajstić information content (AvgIpc) is 3.02. The molecular weight excluding hydrogens is 340 g/mol. The van der Waals surface area contributed by atoms with E-state index >= 15 is 0 Å². The van der Waals surface area contributed by atoms with Crippen molar-refractivity contribution in [2.45, 2.75) is 38.8 Å². The predicted molar refractivity (Wildman–Crippen MR) is 95.1 cm³/mol. The van der Waals surface area contributed by atoms with Crippen LogP contribution in [-0.2, 0) is 30.3 Å². The monoisotopic (exact) mass is 360 g/mol. The first-order valence-electron chi connectivity index (χ1n) is 8.26. The highest BCUT2D eigenvalue weighted by molar-refractivity contribution is 6.29. The number of imide groups is 1. The molecular formula is C18H21ClN4O2. The van der Waals surface area contributed by atoms with Crippen molar-refractivity contribution >= 4 is 23.5 Å². The van der Waals surface area contributed by atoms with E-state index in [4.69, 9.17) is 11.6 Å². The van der Waals surface area contributed by atoms with Gasteiger partial charge in [-0.15, -0.1) is 0 Å². The Morgan fingerprint density at radius 1 is 1.24 bits per heavy atom. The van der Waals surface area contributed by atoms with Crippen molar-refractivity contribution in [2.75, 3.05) is 0 Å². The molecule has 1 aliphatic heterocycles. The van der Waals surface area contributed by atoms with Crippen molar-refractivity contribution in [3.63, 3.8) is 0 Å². The molecule has 1 atom stereocenters. The minimum Gasteiger partial charge on any atom is -0.321 e. The van der Waals surface area contributed by atoms with Crippen molar-refractivity contribution in [2.24, 2.45) is 7.05 Å². The summed E-state index contributed by atoms with van der Waals surface area (Å²) in [6.07, 6.45) is 3.55. The molecule has 3 rings (SSSR count). The van der Waals surface area contributed by atoms with Gasteiger partial charge in [-0.25, -0.2) is 9.78 Å². The van der Waals surface area contributed by atoms with Gasteiger partial charge < -0.3 is 9.88 Å². The van der Waals surface area contributed by atoms with E-state index in [2.05, 4.69) is 17.2 Å². The third-order valence-corrected chi connectivity index (χ3v) is 5.02. The first-order valence-corrected chi connectivity index (χ1v) is 8.64. The molecule has 1 unspecified atom stereocenters. The fourth-order valence-corrected chi connectivity index (χ4v) is 3.19. The number of carbonyl (C=O) groups excluding carboxylic acids is 2. The first-order chi connectivity index (χ1) is 11.9. The topological polar surface area (TPSA) is 67.2 Å². The summed E-state index contributed by atoms with van der Waals surface area (Å²) < 4.78 is 1.65. The highest BCUT2D eigenvalue weighted by Gasteiger charge is 2.49. The zero-order chi connectivity index (χ0) is 18.2. The van der Waals surface area contributed by atoms with Gasteiger partial charge >= 0.3 is 6.03 Å². The molecule has 0 bridgehead atoms. The minimum absolute atomic E-state index is 0.0807. The van der Waals surface area contributed by atoms with Crippen LogP contribution in [0.5, 0.6) is 0 Å². The molecule has 3 amide bonds. The van der Waals surface area contributed by atoms with Gasteiger partial charge in [0, 0.05) is 7.05 Å². The Kier molecular flexibility index (Phi) is 4.56. The van der Waals surface area contributed by atoms with Gasteiger partial charge in [0.2, 0.25) is 0 Å². The quantitative estimate of drug-likeness (QED) is 0.833. The van der Waals surface area contributed by atoms with Crippen molar-refractivity contribution in [3.8, 4) is 0 Å². The van der Waals surface area contributed by atoms with Gasteiger partial charge in [0.15, 0.2) is 0 Å². The summed E-state index contributed by atoms with van der Waals surface area (Å²) in [7, 11) is 1.74. The summed E-state index contributed by atoms with van der Waals surface area (Å²) in [6.45, 7) is 3.93. The van der Waals surface area contributed by atoms with Crippen LogP contribution in [0.25, 0.3) is 0 Å². The lowest BCUT2D eigenvalue weighted by atomic mass is 9.91. The van der Waals surface area contributed by atoms with Gasteiger partial charge in [0.1, 0.15) is 16.5 Å². The number of amides is 3. The van der Waals surface area contributed by atoms with Crippen molar-refractivity contribution in [3.05, 3.63) is 52.6 Å². The third kappa shape index (κ3) is 3.02. The van der Waals surface area contributed by atoms with E-state index in [1.54, 1.807) is 18.5 Å². The summed E-state index contributed by atoms with van der Waals surface area (Å²) in [5.74, 6) is 0.260. The molecule has 7 heteroatoms. The van der Waals surface area contributed by atoms with Crippen molar-refractivity contribution in [1.82, 2.24) is 19.8 Å². The number of nitrogens with zero attached hydrogens (tertiary/aromatic N) is 3. The number of nitrogens with one attached hydrogen (secondary N) is 1. The molecule has 0 saturated carbocycles. The van der Waals surface area contributed by atoms with E-state index in [1.807, 2.05) is 24.3 Å². The number of halogens is 1. The third-order valence-electron chi connectivity index (χ3n) is 4.67. The van der Waals surface area contributed by atoms with Crippen LogP contribution < -0.4 is 5.32 Å². The number of aromatic nitrogens is 2. The number of benzene rings is 1. The summed E-state index contributed by atoms with van der Waals surface area (Å²) >= 11 is 5.98. The lowest BCUT2D eigenvalue weighted by Gasteiger charge is -2.22. The molecule has 2 aromatic rings. The summed E-state index contributed by atoms with van der Waals surface area (Å²) in [5, 5.41) is 3.27. The van der Waals surface area contributed by atoms with Gasteiger partial charge in [0.05, 0.1) is 12.7 Å². The average molecular weight is 361 g/mol. The number of hydrogen-bond acceptors (Lipinski definition) is 3. The Hall–Kier alpha value is -2.34. The molecule has 132 valence electrons. The molecule has 1 fully saturated rings. The second-order valence-electron chi connectivity index (χ2n) is 6.45.